The predicted molar refractivity (Wildman–Crippen MR) is 66.9 cm³/mol. The summed E-state index contributed by atoms with van der Waals surface area (Å²) in [5, 5.41) is 10.6. The molecule has 1 aromatic heterocycles. The lowest BCUT2D eigenvalue weighted by molar-refractivity contribution is -0.119. The minimum absolute atomic E-state index is 0.0210. The highest BCUT2D eigenvalue weighted by atomic mass is 16.5. The first-order valence-electron chi connectivity index (χ1n) is 5.44. The molecule has 0 bridgehead atoms. The summed E-state index contributed by atoms with van der Waals surface area (Å²) in [6, 6.07) is 7.43. The second-order valence-electron chi connectivity index (χ2n) is 3.79. The van der Waals surface area contributed by atoms with Crippen molar-refractivity contribution in [1.29, 1.82) is 0 Å². The molecule has 1 N–H and O–H groups in total. The van der Waals surface area contributed by atoms with E-state index in [0.29, 0.717) is 11.5 Å². The van der Waals surface area contributed by atoms with Gasteiger partial charge in [0.15, 0.2) is 5.82 Å². The van der Waals surface area contributed by atoms with E-state index in [0.717, 1.165) is 5.56 Å². The summed E-state index contributed by atoms with van der Waals surface area (Å²) in [6.45, 7) is 0.0210. The van der Waals surface area contributed by atoms with Crippen LogP contribution in [0.4, 0.5) is 5.69 Å². The molecule has 94 valence electrons. The third kappa shape index (κ3) is 2.54. The van der Waals surface area contributed by atoms with Gasteiger partial charge in [-0.15, -0.1) is 10.2 Å². The fourth-order valence-electron chi connectivity index (χ4n) is 1.63. The minimum atomic E-state index is -0.202. The van der Waals surface area contributed by atoms with Gasteiger partial charge in [-0.25, -0.2) is 0 Å². The number of benzene rings is 1. The first kappa shape index (κ1) is 12.3. The van der Waals surface area contributed by atoms with Gasteiger partial charge >= 0.3 is 0 Å². The normalized spacial score (nSPS) is 10.3. The summed E-state index contributed by atoms with van der Waals surface area (Å²) in [4.78, 5) is 11.5. The molecule has 0 aliphatic heterocycles. The smallest absolute Gasteiger partial charge is 0.250 e. The molecule has 2 rings (SSSR count). The van der Waals surface area contributed by atoms with Crippen LogP contribution >= 0.6 is 0 Å². The van der Waals surface area contributed by atoms with Gasteiger partial charge in [-0.05, 0) is 12.1 Å². The lowest BCUT2D eigenvalue weighted by Gasteiger charge is -2.09. The first-order chi connectivity index (χ1) is 8.72. The number of amides is 1. The number of aromatic nitrogens is 3. The van der Waals surface area contributed by atoms with Crippen molar-refractivity contribution in [2.45, 2.75) is 0 Å². The summed E-state index contributed by atoms with van der Waals surface area (Å²) < 4.78 is 6.58. The van der Waals surface area contributed by atoms with Crippen molar-refractivity contribution in [3.05, 3.63) is 30.6 Å². The van der Waals surface area contributed by atoms with Crippen LogP contribution in [0, 0.1) is 0 Å². The molecule has 0 saturated carbocycles. The molecule has 0 fully saturated rings. The van der Waals surface area contributed by atoms with Crippen LogP contribution in [-0.4, -0.2) is 34.4 Å². The number of anilines is 1. The van der Waals surface area contributed by atoms with Crippen molar-refractivity contribution < 1.29 is 9.53 Å². The highest BCUT2D eigenvalue weighted by Crippen LogP contribution is 2.25. The molecule has 0 atom stereocenters. The zero-order chi connectivity index (χ0) is 13.0. The molecule has 6 heteroatoms. The Labute approximate surface area is 105 Å². The first-order valence-corrected chi connectivity index (χ1v) is 5.44. The number of ether oxygens (including phenoxy) is 1. The van der Waals surface area contributed by atoms with Crippen LogP contribution < -0.4 is 5.32 Å². The lowest BCUT2D eigenvalue weighted by atomic mass is 10.1. The summed E-state index contributed by atoms with van der Waals surface area (Å²) in [6.07, 6.45) is 1.61. The minimum Gasteiger partial charge on any atom is -0.375 e. The summed E-state index contributed by atoms with van der Waals surface area (Å²) in [5.74, 6) is 0.496. The van der Waals surface area contributed by atoms with E-state index >= 15 is 0 Å². The lowest BCUT2D eigenvalue weighted by Crippen LogP contribution is -2.17. The van der Waals surface area contributed by atoms with Gasteiger partial charge in [0, 0.05) is 19.7 Å². The maximum atomic E-state index is 11.5. The van der Waals surface area contributed by atoms with Crippen molar-refractivity contribution >= 4 is 11.6 Å². The number of hydrogen-bond acceptors (Lipinski definition) is 4. The fourth-order valence-corrected chi connectivity index (χ4v) is 1.63. The van der Waals surface area contributed by atoms with Gasteiger partial charge in [0.05, 0.1) is 5.69 Å². The van der Waals surface area contributed by atoms with Gasteiger partial charge in [0.25, 0.3) is 0 Å². The zero-order valence-electron chi connectivity index (χ0n) is 10.3. The number of nitrogens with zero attached hydrogens (tertiary/aromatic N) is 3. The summed E-state index contributed by atoms with van der Waals surface area (Å²) >= 11 is 0. The standard InChI is InChI=1S/C12H14N4O2/c1-16-8-13-15-12(16)9-5-3-4-6-10(9)14-11(17)7-18-2/h3-6,8H,7H2,1-2H3,(H,14,17). The Morgan fingerprint density at radius 3 is 2.89 bits per heavy atom. The Hall–Kier alpha value is -2.21. The predicted octanol–water partition coefficient (Wildman–Crippen LogP) is 1.07. The van der Waals surface area contributed by atoms with Crippen molar-refractivity contribution in [1.82, 2.24) is 14.8 Å². The third-order valence-corrected chi connectivity index (χ3v) is 2.43. The van der Waals surface area contributed by atoms with E-state index in [-0.39, 0.29) is 12.5 Å². The average molecular weight is 246 g/mol. The number of rotatable bonds is 4. The quantitative estimate of drug-likeness (QED) is 0.876. The molecular formula is C12H14N4O2. The molecule has 0 spiro atoms. The van der Waals surface area contributed by atoms with Crippen molar-refractivity contribution in [2.24, 2.45) is 7.05 Å². The molecule has 6 nitrogen and oxygen atoms in total. The van der Waals surface area contributed by atoms with E-state index in [1.54, 1.807) is 10.9 Å². The largest absolute Gasteiger partial charge is 0.375 e. The van der Waals surface area contributed by atoms with E-state index in [2.05, 4.69) is 15.5 Å². The van der Waals surface area contributed by atoms with E-state index in [1.165, 1.54) is 7.11 Å². The van der Waals surface area contributed by atoms with Crippen LogP contribution in [0.2, 0.25) is 0 Å². The Morgan fingerprint density at radius 1 is 1.44 bits per heavy atom. The Kier molecular flexibility index (Phi) is 3.69. The molecule has 0 aliphatic carbocycles. The van der Waals surface area contributed by atoms with Crippen LogP contribution in [0.5, 0.6) is 0 Å². The maximum absolute atomic E-state index is 11.5. The van der Waals surface area contributed by atoms with Gasteiger partial charge < -0.3 is 14.6 Å². The van der Waals surface area contributed by atoms with Crippen molar-refractivity contribution in [2.75, 3.05) is 19.0 Å². The van der Waals surface area contributed by atoms with E-state index in [4.69, 9.17) is 4.74 Å². The molecule has 1 heterocycles. The van der Waals surface area contributed by atoms with Crippen molar-refractivity contribution in [3.8, 4) is 11.4 Å². The van der Waals surface area contributed by atoms with Crippen LogP contribution in [0.3, 0.4) is 0 Å². The number of carbonyl (C=O) groups is 1. The second kappa shape index (κ2) is 5.42. The van der Waals surface area contributed by atoms with Crippen molar-refractivity contribution in [3.63, 3.8) is 0 Å². The second-order valence-corrected chi connectivity index (χ2v) is 3.79. The maximum Gasteiger partial charge on any atom is 0.250 e. The van der Waals surface area contributed by atoms with E-state index < -0.39 is 0 Å². The Morgan fingerprint density at radius 2 is 2.22 bits per heavy atom. The molecule has 1 amide bonds. The SMILES string of the molecule is COCC(=O)Nc1ccccc1-c1nncn1C. The third-order valence-electron chi connectivity index (χ3n) is 2.43. The topological polar surface area (TPSA) is 69.0 Å². The summed E-state index contributed by atoms with van der Waals surface area (Å²) in [7, 11) is 3.33. The fraction of sp³-hybridized carbons (Fsp3) is 0.250. The van der Waals surface area contributed by atoms with Gasteiger partial charge in [-0.3, -0.25) is 4.79 Å². The molecule has 0 radical (unpaired) electrons. The van der Waals surface area contributed by atoms with E-state index in [9.17, 15) is 4.79 Å². The Bertz CT molecular complexity index is 551. The van der Waals surface area contributed by atoms with Crippen LogP contribution in [0.1, 0.15) is 0 Å². The number of carbonyl (C=O) groups excluding carboxylic acids is 1. The molecular weight excluding hydrogens is 232 g/mol. The number of para-hydroxylation sites is 1. The van der Waals surface area contributed by atoms with Gasteiger partial charge in [-0.1, -0.05) is 12.1 Å². The number of hydrogen-bond donors (Lipinski definition) is 1. The van der Waals surface area contributed by atoms with Crippen LogP contribution in [0.25, 0.3) is 11.4 Å². The highest BCUT2D eigenvalue weighted by Gasteiger charge is 2.11. The molecule has 2 aromatic rings. The average Bonchev–Trinajstić information content (AvgIpc) is 2.76. The number of methoxy groups -OCH3 is 1. The van der Waals surface area contributed by atoms with Gasteiger partial charge in [0.2, 0.25) is 5.91 Å². The summed E-state index contributed by atoms with van der Waals surface area (Å²) in [5.41, 5.74) is 1.51. The Balaban J connectivity index is 2.32. The van der Waals surface area contributed by atoms with E-state index in [1.807, 2.05) is 31.3 Å². The van der Waals surface area contributed by atoms with Gasteiger partial charge in [0.1, 0.15) is 12.9 Å². The van der Waals surface area contributed by atoms with Crippen LogP contribution in [-0.2, 0) is 16.6 Å². The number of nitrogens with one attached hydrogen (secondary N) is 1. The molecule has 0 saturated heterocycles. The zero-order valence-corrected chi connectivity index (χ0v) is 10.3. The van der Waals surface area contributed by atoms with Crippen LogP contribution in [0.15, 0.2) is 30.6 Å². The molecule has 0 unspecified atom stereocenters. The number of aryl methyl sites for hydroxylation is 1. The highest BCUT2D eigenvalue weighted by molar-refractivity contribution is 5.95. The molecule has 18 heavy (non-hydrogen) atoms. The molecule has 0 aliphatic rings. The molecule has 1 aromatic carbocycles. The monoisotopic (exact) mass is 246 g/mol. The van der Waals surface area contributed by atoms with Gasteiger partial charge in [-0.2, -0.15) is 0 Å².